The molecule has 0 spiro atoms. The van der Waals surface area contributed by atoms with Crippen LogP contribution in [-0.4, -0.2) is 5.96 Å². The molecular weight excluding hydrogens is 449 g/mol. The van der Waals surface area contributed by atoms with Gasteiger partial charge in [-0.05, 0) is 54.8 Å². The summed E-state index contributed by atoms with van der Waals surface area (Å²) < 4.78 is 51.8. The summed E-state index contributed by atoms with van der Waals surface area (Å²) in [4.78, 5) is 3.91. The highest BCUT2D eigenvalue weighted by atomic mass is 127. The van der Waals surface area contributed by atoms with Crippen molar-refractivity contribution in [3.8, 4) is 0 Å². The van der Waals surface area contributed by atoms with Gasteiger partial charge in [-0.2, -0.15) is 13.2 Å². The Bertz CT molecular complexity index is 773. The van der Waals surface area contributed by atoms with Crippen molar-refractivity contribution in [2.24, 2.45) is 10.7 Å². The Kier molecular flexibility index (Phi) is 7.21. The molecule has 136 valence electrons. The third-order valence-electron chi connectivity index (χ3n) is 3.58. The van der Waals surface area contributed by atoms with Crippen molar-refractivity contribution in [2.45, 2.75) is 26.6 Å². The van der Waals surface area contributed by atoms with Crippen LogP contribution in [-0.2, 0) is 12.7 Å². The second-order valence-electron chi connectivity index (χ2n) is 5.42. The number of alkyl halides is 3. The van der Waals surface area contributed by atoms with Crippen LogP contribution in [0.1, 0.15) is 22.3 Å². The number of hydrogen-bond donors (Lipinski definition) is 2. The smallest absolute Gasteiger partial charge is 0.370 e. The summed E-state index contributed by atoms with van der Waals surface area (Å²) in [6.45, 7) is 3.59. The number of aryl methyl sites for hydroxylation is 2. The van der Waals surface area contributed by atoms with Crippen LogP contribution in [0.15, 0.2) is 41.4 Å². The molecule has 8 heteroatoms. The van der Waals surface area contributed by atoms with Crippen molar-refractivity contribution in [3.05, 3.63) is 64.5 Å². The van der Waals surface area contributed by atoms with Gasteiger partial charge in [-0.1, -0.05) is 12.1 Å². The molecule has 25 heavy (non-hydrogen) atoms. The fraction of sp³-hybridized carbons (Fsp3) is 0.235. The Labute approximate surface area is 160 Å². The average molecular weight is 467 g/mol. The van der Waals surface area contributed by atoms with Gasteiger partial charge in [0, 0.05) is 5.69 Å². The molecule has 0 radical (unpaired) electrons. The minimum absolute atomic E-state index is 0. The molecule has 0 unspecified atom stereocenters. The predicted molar refractivity (Wildman–Crippen MR) is 102 cm³/mol. The maximum absolute atomic E-state index is 13.1. The van der Waals surface area contributed by atoms with Gasteiger partial charge in [-0.3, -0.25) is 0 Å². The van der Waals surface area contributed by atoms with Gasteiger partial charge in [0.15, 0.2) is 5.96 Å². The number of aliphatic imine (C=N–C) groups is 1. The minimum atomic E-state index is -4.65. The number of anilines is 1. The lowest BCUT2D eigenvalue weighted by Crippen LogP contribution is -2.23. The first kappa shape index (κ1) is 21.2. The Morgan fingerprint density at radius 1 is 1.08 bits per heavy atom. The largest absolute Gasteiger partial charge is 0.416 e. The van der Waals surface area contributed by atoms with Crippen LogP contribution in [0.5, 0.6) is 0 Å². The molecule has 0 aromatic heterocycles. The third kappa shape index (κ3) is 5.87. The van der Waals surface area contributed by atoms with Gasteiger partial charge < -0.3 is 11.1 Å². The average Bonchev–Trinajstić information content (AvgIpc) is 2.49. The number of hydrogen-bond acceptors (Lipinski definition) is 1. The fourth-order valence-electron chi connectivity index (χ4n) is 2.13. The van der Waals surface area contributed by atoms with E-state index in [1.54, 1.807) is 6.07 Å². The summed E-state index contributed by atoms with van der Waals surface area (Å²) in [7, 11) is 0. The van der Waals surface area contributed by atoms with Gasteiger partial charge in [0.1, 0.15) is 5.82 Å². The first-order valence-electron chi connectivity index (χ1n) is 7.16. The number of rotatable bonds is 3. The zero-order valence-electron chi connectivity index (χ0n) is 13.6. The molecule has 0 amide bonds. The van der Waals surface area contributed by atoms with E-state index in [9.17, 15) is 17.6 Å². The molecule has 0 fully saturated rings. The summed E-state index contributed by atoms with van der Waals surface area (Å²) in [6, 6.07) is 8.03. The Morgan fingerprint density at radius 3 is 2.36 bits per heavy atom. The monoisotopic (exact) mass is 467 g/mol. The zero-order valence-corrected chi connectivity index (χ0v) is 15.9. The first-order chi connectivity index (χ1) is 11.2. The molecular formula is C17H18F4IN3. The number of nitrogens with two attached hydrogens (primary N) is 1. The van der Waals surface area contributed by atoms with E-state index in [2.05, 4.69) is 10.3 Å². The summed E-state index contributed by atoms with van der Waals surface area (Å²) in [5.41, 5.74) is 7.36. The zero-order chi connectivity index (χ0) is 17.9. The summed E-state index contributed by atoms with van der Waals surface area (Å²) >= 11 is 0. The maximum atomic E-state index is 13.1. The van der Waals surface area contributed by atoms with Crippen molar-refractivity contribution in [1.29, 1.82) is 0 Å². The second kappa shape index (κ2) is 8.50. The van der Waals surface area contributed by atoms with E-state index in [4.69, 9.17) is 5.73 Å². The molecule has 0 heterocycles. The minimum Gasteiger partial charge on any atom is -0.370 e. The molecule has 0 aliphatic heterocycles. The highest BCUT2D eigenvalue weighted by molar-refractivity contribution is 14.0. The van der Waals surface area contributed by atoms with Crippen molar-refractivity contribution < 1.29 is 17.6 Å². The van der Waals surface area contributed by atoms with Crippen molar-refractivity contribution in [2.75, 3.05) is 5.32 Å². The van der Waals surface area contributed by atoms with Crippen molar-refractivity contribution >= 4 is 35.6 Å². The highest BCUT2D eigenvalue weighted by Crippen LogP contribution is 2.32. The SMILES string of the molecule is Cc1ccc(NC(N)=NCc2ccc(F)cc2C(F)(F)F)cc1C.I. The summed E-state index contributed by atoms with van der Waals surface area (Å²) in [6.07, 6.45) is -4.65. The fourth-order valence-corrected chi connectivity index (χ4v) is 2.13. The molecule has 0 bridgehead atoms. The maximum Gasteiger partial charge on any atom is 0.416 e. The van der Waals surface area contributed by atoms with Gasteiger partial charge in [0.05, 0.1) is 12.1 Å². The van der Waals surface area contributed by atoms with E-state index >= 15 is 0 Å². The molecule has 3 nitrogen and oxygen atoms in total. The lowest BCUT2D eigenvalue weighted by molar-refractivity contribution is -0.138. The Hall–Kier alpha value is -1.84. The Balaban J connectivity index is 0.00000312. The topological polar surface area (TPSA) is 50.4 Å². The molecule has 0 aliphatic carbocycles. The molecule has 2 rings (SSSR count). The lowest BCUT2D eigenvalue weighted by Gasteiger charge is -2.12. The van der Waals surface area contributed by atoms with Crippen LogP contribution >= 0.6 is 24.0 Å². The standard InChI is InChI=1S/C17H17F4N3.HI/c1-10-3-6-14(7-11(10)2)24-16(22)23-9-12-4-5-13(18)8-15(12)17(19,20)21;/h3-8H,9H2,1-2H3,(H3,22,23,24);1H. The first-order valence-corrected chi connectivity index (χ1v) is 7.16. The summed E-state index contributed by atoms with van der Waals surface area (Å²) in [5, 5.41) is 2.82. The number of halogens is 5. The Morgan fingerprint density at radius 2 is 1.76 bits per heavy atom. The molecule has 0 aliphatic rings. The van der Waals surface area contributed by atoms with Crippen molar-refractivity contribution in [3.63, 3.8) is 0 Å². The quantitative estimate of drug-likeness (QED) is 0.289. The van der Waals surface area contributed by atoms with Crippen LogP contribution in [0.2, 0.25) is 0 Å². The van der Waals surface area contributed by atoms with Crippen LogP contribution in [0, 0.1) is 19.7 Å². The highest BCUT2D eigenvalue weighted by Gasteiger charge is 2.33. The van der Waals surface area contributed by atoms with Crippen molar-refractivity contribution in [1.82, 2.24) is 0 Å². The number of guanidine groups is 1. The number of benzene rings is 2. The van der Waals surface area contributed by atoms with Crippen LogP contribution in [0.4, 0.5) is 23.2 Å². The van der Waals surface area contributed by atoms with Gasteiger partial charge in [-0.15, -0.1) is 24.0 Å². The van der Waals surface area contributed by atoms with E-state index in [1.165, 1.54) is 0 Å². The normalized spacial score (nSPS) is 11.8. The number of nitrogens with zero attached hydrogens (tertiary/aromatic N) is 1. The number of nitrogens with one attached hydrogen (secondary N) is 1. The molecule has 0 atom stereocenters. The van der Waals surface area contributed by atoms with Crippen LogP contribution in [0.3, 0.4) is 0 Å². The van der Waals surface area contributed by atoms with Gasteiger partial charge in [0.25, 0.3) is 0 Å². The summed E-state index contributed by atoms with van der Waals surface area (Å²) in [5.74, 6) is -0.966. The van der Waals surface area contributed by atoms with Gasteiger partial charge in [0.2, 0.25) is 0 Å². The van der Waals surface area contributed by atoms with E-state index in [0.717, 1.165) is 23.3 Å². The molecule has 0 saturated carbocycles. The van der Waals surface area contributed by atoms with E-state index in [1.807, 2.05) is 26.0 Å². The lowest BCUT2D eigenvalue weighted by atomic mass is 10.1. The molecule has 3 N–H and O–H groups in total. The van der Waals surface area contributed by atoms with Crippen LogP contribution < -0.4 is 11.1 Å². The van der Waals surface area contributed by atoms with Crippen LogP contribution in [0.25, 0.3) is 0 Å². The van der Waals surface area contributed by atoms with Gasteiger partial charge >= 0.3 is 6.18 Å². The van der Waals surface area contributed by atoms with Gasteiger partial charge in [-0.25, -0.2) is 9.38 Å². The molecule has 2 aromatic rings. The molecule has 0 saturated heterocycles. The second-order valence-corrected chi connectivity index (χ2v) is 5.42. The van der Waals surface area contributed by atoms with E-state index < -0.39 is 17.6 Å². The van der Waals surface area contributed by atoms with E-state index in [0.29, 0.717) is 11.8 Å². The predicted octanol–water partition coefficient (Wildman–Crippen LogP) is 5.01. The van der Waals surface area contributed by atoms with E-state index in [-0.39, 0.29) is 42.0 Å². The third-order valence-corrected chi connectivity index (χ3v) is 3.58. The molecule has 2 aromatic carbocycles.